The third-order valence-electron chi connectivity index (χ3n) is 2.08. The Hall–Kier alpha value is -1.64. The first kappa shape index (κ1) is 7.98. The van der Waals surface area contributed by atoms with Crippen LogP contribution in [0.15, 0.2) is 24.9 Å². The topological polar surface area (TPSA) is 17.8 Å². The molecule has 0 aliphatic heterocycles. The quantitative estimate of drug-likeness (QED) is 0.652. The van der Waals surface area contributed by atoms with E-state index in [0.29, 0.717) is 5.56 Å². The molecule has 0 saturated carbocycles. The molecule has 0 saturated heterocycles. The number of aromatic nitrogens is 2. The molecule has 66 valence electrons. The maximum atomic E-state index is 13.3. The van der Waals surface area contributed by atoms with Crippen LogP contribution in [0.2, 0.25) is 0 Å². The van der Waals surface area contributed by atoms with E-state index in [2.05, 4.69) is 11.7 Å². The molecule has 0 aliphatic rings. The Morgan fingerprint density at radius 2 is 2.31 bits per heavy atom. The van der Waals surface area contributed by atoms with Gasteiger partial charge in [-0.15, -0.1) is 0 Å². The molecule has 0 amide bonds. The summed E-state index contributed by atoms with van der Waals surface area (Å²) in [6, 6.07) is 3.21. The molecule has 1 aromatic carbocycles. The number of aryl methyl sites for hydroxylation is 1. The van der Waals surface area contributed by atoms with Gasteiger partial charge in [-0.3, -0.25) is 4.68 Å². The van der Waals surface area contributed by atoms with Crippen LogP contribution in [0.4, 0.5) is 4.39 Å². The van der Waals surface area contributed by atoms with Crippen LogP contribution < -0.4 is 0 Å². The van der Waals surface area contributed by atoms with Crippen LogP contribution in [0.5, 0.6) is 0 Å². The van der Waals surface area contributed by atoms with Gasteiger partial charge in [-0.25, -0.2) is 4.39 Å². The van der Waals surface area contributed by atoms with Crippen molar-refractivity contribution in [3.05, 3.63) is 36.3 Å². The predicted octanol–water partition coefficient (Wildman–Crippen LogP) is 2.36. The van der Waals surface area contributed by atoms with Crippen molar-refractivity contribution < 1.29 is 4.39 Å². The highest BCUT2D eigenvalue weighted by Gasteiger charge is 2.04. The molecule has 2 aromatic rings. The summed E-state index contributed by atoms with van der Waals surface area (Å²) in [5.41, 5.74) is 1.31. The van der Waals surface area contributed by atoms with E-state index < -0.39 is 0 Å². The van der Waals surface area contributed by atoms with Crippen molar-refractivity contribution in [2.75, 3.05) is 0 Å². The SMILES string of the molecule is C=Cc1cc2cnn(C)c2cc1F. The lowest BCUT2D eigenvalue weighted by atomic mass is 10.1. The van der Waals surface area contributed by atoms with Crippen LogP contribution in [0.3, 0.4) is 0 Å². The van der Waals surface area contributed by atoms with Crippen LogP contribution in [0.1, 0.15) is 5.56 Å². The molecule has 13 heavy (non-hydrogen) atoms. The van der Waals surface area contributed by atoms with Gasteiger partial charge in [0.1, 0.15) is 5.82 Å². The maximum Gasteiger partial charge on any atom is 0.132 e. The molecule has 0 N–H and O–H groups in total. The van der Waals surface area contributed by atoms with E-state index in [1.165, 1.54) is 12.1 Å². The van der Waals surface area contributed by atoms with Crippen molar-refractivity contribution in [2.45, 2.75) is 0 Å². The molecular formula is C10H9FN2. The monoisotopic (exact) mass is 176 g/mol. The van der Waals surface area contributed by atoms with Gasteiger partial charge >= 0.3 is 0 Å². The van der Waals surface area contributed by atoms with E-state index >= 15 is 0 Å². The lowest BCUT2D eigenvalue weighted by Crippen LogP contribution is -1.90. The number of halogens is 1. The number of rotatable bonds is 1. The largest absolute Gasteiger partial charge is 0.268 e. The fraction of sp³-hybridized carbons (Fsp3) is 0.100. The lowest BCUT2D eigenvalue weighted by molar-refractivity contribution is 0.625. The first-order valence-electron chi connectivity index (χ1n) is 3.96. The average Bonchev–Trinajstić information content (AvgIpc) is 2.47. The number of hydrogen-bond donors (Lipinski definition) is 0. The van der Waals surface area contributed by atoms with Crippen LogP contribution >= 0.6 is 0 Å². The zero-order valence-corrected chi connectivity index (χ0v) is 7.29. The number of hydrogen-bond acceptors (Lipinski definition) is 1. The zero-order chi connectivity index (χ0) is 9.42. The fourth-order valence-corrected chi connectivity index (χ4v) is 1.35. The molecule has 0 fully saturated rings. The van der Waals surface area contributed by atoms with Gasteiger partial charge in [0.05, 0.1) is 11.7 Å². The number of nitrogens with zero attached hydrogens (tertiary/aromatic N) is 2. The van der Waals surface area contributed by atoms with Crippen LogP contribution in [-0.2, 0) is 7.05 Å². The fourth-order valence-electron chi connectivity index (χ4n) is 1.35. The minimum absolute atomic E-state index is 0.258. The molecule has 0 bridgehead atoms. The molecule has 0 atom stereocenters. The van der Waals surface area contributed by atoms with Gasteiger partial charge in [0, 0.05) is 24.1 Å². The summed E-state index contributed by atoms with van der Waals surface area (Å²) in [4.78, 5) is 0. The molecule has 1 heterocycles. The number of benzene rings is 1. The number of fused-ring (bicyclic) bond motifs is 1. The summed E-state index contributed by atoms with van der Waals surface area (Å²) < 4.78 is 14.9. The smallest absolute Gasteiger partial charge is 0.132 e. The Labute approximate surface area is 75.3 Å². The van der Waals surface area contributed by atoms with E-state index in [-0.39, 0.29) is 5.82 Å². The van der Waals surface area contributed by atoms with Gasteiger partial charge in [0.2, 0.25) is 0 Å². The van der Waals surface area contributed by atoms with E-state index in [1.807, 2.05) is 0 Å². The van der Waals surface area contributed by atoms with Crippen molar-refractivity contribution in [3.8, 4) is 0 Å². The van der Waals surface area contributed by atoms with Crippen molar-refractivity contribution in [2.24, 2.45) is 7.05 Å². The Balaban J connectivity index is 2.83. The first-order chi connectivity index (χ1) is 6.22. The third kappa shape index (κ3) is 1.13. The zero-order valence-electron chi connectivity index (χ0n) is 7.29. The summed E-state index contributed by atoms with van der Waals surface area (Å²) >= 11 is 0. The Bertz CT molecular complexity index is 471. The Morgan fingerprint density at radius 3 is 3.00 bits per heavy atom. The van der Waals surface area contributed by atoms with Gasteiger partial charge < -0.3 is 0 Å². The van der Waals surface area contributed by atoms with Gasteiger partial charge in [-0.1, -0.05) is 12.7 Å². The summed E-state index contributed by atoms with van der Waals surface area (Å²) in [6.07, 6.45) is 3.21. The molecule has 0 aliphatic carbocycles. The lowest BCUT2D eigenvalue weighted by Gasteiger charge is -1.98. The summed E-state index contributed by atoms with van der Waals surface area (Å²) in [5.74, 6) is -0.258. The highest BCUT2D eigenvalue weighted by Crippen LogP contribution is 2.18. The van der Waals surface area contributed by atoms with Gasteiger partial charge in [-0.05, 0) is 6.07 Å². The minimum atomic E-state index is -0.258. The standard InChI is InChI=1S/C10H9FN2/c1-3-7-4-8-6-12-13(2)10(8)5-9(7)11/h3-6H,1H2,2H3. The van der Waals surface area contributed by atoms with Gasteiger partial charge in [0.15, 0.2) is 0 Å². The molecule has 0 unspecified atom stereocenters. The third-order valence-corrected chi connectivity index (χ3v) is 2.08. The van der Waals surface area contributed by atoms with Crippen LogP contribution in [-0.4, -0.2) is 9.78 Å². The molecule has 3 heteroatoms. The van der Waals surface area contributed by atoms with E-state index in [0.717, 1.165) is 10.9 Å². The predicted molar refractivity (Wildman–Crippen MR) is 50.8 cm³/mol. The normalized spacial score (nSPS) is 10.6. The molecule has 2 rings (SSSR count). The molecule has 0 radical (unpaired) electrons. The van der Waals surface area contributed by atoms with Crippen LogP contribution in [0.25, 0.3) is 17.0 Å². The van der Waals surface area contributed by atoms with E-state index in [4.69, 9.17) is 0 Å². The van der Waals surface area contributed by atoms with Crippen molar-refractivity contribution in [1.29, 1.82) is 0 Å². The van der Waals surface area contributed by atoms with Crippen molar-refractivity contribution in [1.82, 2.24) is 9.78 Å². The molecular weight excluding hydrogens is 167 g/mol. The Kier molecular flexibility index (Phi) is 1.65. The summed E-state index contributed by atoms with van der Waals surface area (Å²) in [6.45, 7) is 3.54. The van der Waals surface area contributed by atoms with E-state index in [1.54, 1.807) is 24.0 Å². The molecule has 1 aromatic heterocycles. The van der Waals surface area contributed by atoms with Gasteiger partial charge in [0.25, 0.3) is 0 Å². The second kappa shape index (κ2) is 2.69. The maximum absolute atomic E-state index is 13.3. The Morgan fingerprint density at radius 1 is 1.54 bits per heavy atom. The molecule has 2 nitrogen and oxygen atoms in total. The van der Waals surface area contributed by atoms with Gasteiger partial charge in [-0.2, -0.15) is 5.10 Å². The highest BCUT2D eigenvalue weighted by molar-refractivity contribution is 5.81. The first-order valence-corrected chi connectivity index (χ1v) is 3.96. The van der Waals surface area contributed by atoms with Crippen LogP contribution in [0, 0.1) is 5.82 Å². The van der Waals surface area contributed by atoms with Crippen molar-refractivity contribution >= 4 is 17.0 Å². The van der Waals surface area contributed by atoms with E-state index in [9.17, 15) is 4.39 Å². The highest BCUT2D eigenvalue weighted by atomic mass is 19.1. The minimum Gasteiger partial charge on any atom is -0.268 e. The average molecular weight is 176 g/mol. The van der Waals surface area contributed by atoms with Crippen molar-refractivity contribution in [3.63, 3.8) is 0 Å². The molecule has 0 spiro atoms. The summed E-state index contributed by atoms with van der Waals surface area (Å²) in [7, 11) is 1.79. The second-order valence-electron chi connectivity index (χ2n) is 2.90. The second-order valence-corrected chi connectivity index (χ2v) is 2.90. The summed E-state index contributed by atoms with van der Waals surface area (Å²) in [5, 5.41) is 4.96.